The Balaban J connectivity index is 1.85. The molecule has 0 unspecified atom stereocenters. The van der Waals surface area contributed by atoms with Crippen LogP contribution in [0.3, 0.4) is 0 Å². The van der Waals surface area contributed by atoms with Gasteiger partial charge in [0.15, 0.2) is 5.16 Å². The van der Waals surface area contributed by atoms with Crippen LogP contribution < -0.4 is 5.32 Å². The number of nitrogens with zero attached hydrogens (tertiary/aromatic N) is 3. The van der Waals surface area contributed by atoms with Gasteiger partial charge < -0.3 is 10.2 Å². The fraction of sp³-hybridized carbons (Fsp3) is 0.294. The lowest BCUT2D eigenvalue weighted by atomic mass is 10.3. The lowest BCUT2D eigenvalue weighted by molar-refractivity contribution is -0.131. The molecule has 0 aliphatic carbocycles. The summed E-state index contributed by atoms with van der Waals surface area (Å²) in [4.78, 5) is 34.2. The Bertz CT molecular complexity index is 765. The van der Waals surface area contributed by atoms with Crippen LogP contribution in [0.1, 0.15) is 11.4 Å². The second-order valence-electron chi connectivity index (χ2n) is 5.50. The predicted octanol–water partition coefficient (Wildman–Crippen LogP) is 2.94. The molecule has 132 valence electrons. The van der Waals surface area contributed by atoms with E-state index in [2.05, 4.69) is 15.3 Å². The Hall–Kier alpha value is -2.12. The van der Waals surface area contributed by atoms with Crippen molar-refractivity contribution >= 4 is 40.9 Å². The lowest BCUT2D eigenvalue weighted by Crippen LogP contribution is -2.36. The molecule has 0 bridgehead atoms. The average molecular weight is 379 g/mol. The second-order valence-corrected chi connectivity index (χ2v) is 6.85. The summed E-state index contributed by atoms with van der Waals surface area (Å²) in [7, 11) is 1.58. The van der Waals surface area contributed by atoms with Crippen molar-refractivity contribution in [1.29, 1.82) is 0 Å². The van der Waals surface area contributed by atoms with Crippen molar-refractivity contribution in [3.8, 4) is 0 Å². The van der Waals surface area contributed by atoms with Crippen LogP contribution in [0.15, 0.2) is 35.5 Å². The summed E-state index contributed by atoms with van der Waals surface area (Å²) in [6.07, 6.45) is 0. The number of nitrogens with one attached hydrogen (secondary N) is 1. The molecule has 6 nitrogen and oxygen atoms in total. The molecular formula is C17H19ClN4O2S. The van der Waals surface area contributed by atoms with Gasteiger partial charge in [-0.15, -0.1) is 0 Å². The number of aryl methyl sites for hydroxylation is 2. The zero-order chi connectivity index (χ0) is 18.4. The standard InChI is InChI=1S/C17H19ClN4O2S/c1-11-8-12(2)20-17(19-11)25-10-16(24)22(3)9-15(23)21-14-7-5-4-6-13(14)18/h4-8H,9-10H2,1-3H3,(H,21,23). The molecule has 2 amide bonds. The van der Waals surface area contributed by atoms with Crippen LogP contribution in [0.25, 0.3) is 0 Å². The molecule has 1 aromatic heterocycles. The van der Waals surface area contributed by atoms with Gasteiger partial charge in [-0.1, -0.05) is 35.5 Å². The van der Waals surface area contributed by atoms with Crippen molar-refractivity contribution in [3.05, 3.63) is 46.7 Å². The number of hydrogen-bond donors (Lipinski definition) is 1. The molecule has 8 heteroatoms. The number of likely N-dealkylation sites (N-methyl/N-ethyl adjacent to an activating group) is 1. The normalized spacial score (nSPS) is 10.4. The molecule has 0 fully saturated rings. The van der Waals surface area contributed by atoms with Crippen LogP contribution in [0.5, 0.6) is 0 Å². The van der Waals surface area contributed by atoms with Crippen LogP contribution in [0, 0.1) is 13.8 Å². The van der Waals surface area contributed by atoms with Gasteiger partial charge >= 0.3 is 0 Å². The van der Waals surface area contributed by atoms with Crippen molar-refractivity contribution in [2.75, 3.05) is 24.7 Å². The number of carbonyl (C=O) groups is 2. The first-order valence-corrected chi connectivity index (χ1v) is 8.95. The SMILES string of the molecule is Cc1cc(C)nc(SCC(=O)N(C)CC(=O)Nc2ccccc2Cl)n1. The number of rotatable bonds is 6. The molecule has 1 heterocycles. The van der Waals surface area contributed by atoms with Crippen LogP contribution >= 0.6 is 23.4 Å². The Morgan fingerprint density at radius 3 is 2.48 bits per heavy atom. The predicted molar refractivity (Wildman–Crippen MR) is 99.9 cm³/mol. The van der Waals surface area contributed by atoms with Gasteiger partial charge in [0.2, 0.25) is 11.8 Å². The zero-order valence-corrected chi connectivity index (χ0v) is 15.8. The van der Waals surface area contributed by atoms with Gasteiger partial charge in [-0.2, -0.15) is 0 Å². The summed E-state index contributed by atoms with van der Waals surface area (Å²) in [5.41, 5.74) is 2.23. The molecule has 0 radical (unpaired) electrons. The van der Waals surface area contributed by atoms with Gasteiger partial charge in [0.05, 0.1) is 23.0 Å². The van der Waals surface area contributed by atoms with E-state index in [-0.39, 0.29) is 24.1 Å². The van der Waals surface area contributed by atoms with Crippen LogP contribution in [-0.2, 0) is 9.59 Å². The maximum Gasteiger partial charge on any atom is 0.244 e. The summed E-state index contributed by atoms with van der Waals surface area (Å²) < 4.78 is 0. The van der Waals surface area contributed by atoms with Gasteiger partial charge in [-0.3, -0.25) is 9.59 Å². The summed E-state index contributed by atoms with van der Waals surface area (Å²) in [6, 6.07) is 8.82. The molecule has 25 heavy (non-hydrogen) atoms. The van der Waals surface area contributed by atoms with E-state index in [1.807, 2.05) is 19.9 Å². The number of carbonyl (C=O) groups excluding carboxylic acids is 2. The molecule has 1 aromatic carbocycles. The third-order valence-electron chi connectivity index (χ3n) is 3.24. The Labute approximate surface area is 156 Å². The molecule has 0 aliphatic rings. The van der Waals surface area contributed by atoms with Gasteiger partial charge in [0.25, 0.3) is 0 Å². The van der Waals surface area contributed by atoms with Crippen molar-refractivity contribution < 1.29 is 9.59 Å². The Kier molecular flexibility index (Phi) is 6.78. The highest BCUT2D eigenvalue weighted by molar-refractivity contribution is 7.99. The van der Waals surface area contributed by atoms with E-state index in [0.29, 0.717) is 15.9 Å². The summed E-state index contributed by atoms with van der Waals surface area (Å²) >= 11 is 7.25. The molecule has 0 aliphatic heterocycles. The van der Waals surface area contributed by atoms with Crippen molar-refractivity contribution in [3.63, 3.8) is 0 Å². The number of anilines is 1. The lowest BCUT2D eigenvalue weighted by Gasteiger charge is -2.16. The largest absolute Gasteiger partial charge is 0.336 e. The average Bonchev–Trinajstić information content (AvgIpc) is 2.53. The minimum absolute atomic E-state index is 0.0572. The molecule has 0 spiro atoms. The maximum atomic E-state index is 12.2. The first kappa shape index (κ1) is 19.2. The smallest absolute Gasteiger partial charge is 0.244 e. The van der Waals surface area contributed by atoms with E-state index in [4.69, 9.17) is 11.6 Å². The van der Waals surface area contributed by atoms with E-state index in [1.165, 1.54) is 16.7 Å². The fourth-order valence-electron chi connectivity index (χ4n) is 2.05. The highest BCUT2D eigenvalue weighted by Crippen LogP contribution is 2.20. The molecule has 0 saturated carbocycles. The maximum absolute atomic E-state index is 12.2. The van der Waals surface area contributed by atoms with E-state index in [0.717, 1.165) is 11.4 Å². The quantitative estimate of drug-likeness (QED) is 0.617. The van der Waals surface area contributed by atoms with E-state index in [9.17, 15) is 9.59 Å². The van der Waals surface area contributed by atoms with Crippen LogP contribution in [0.4, 0.5) is 5.69 Å². The first-order valence-electron chi connectivity index (χ1n) is 7.58. The third kappa shape index (κ3) is 6.03. The van der Waals surface area contributed by atoms with Crippen molar-refractivity contribution in [2.24, 2.45) is 0 Å². The third-order valence-corrected chi connectivity index (χ3v) is 4.40. The van der Waals surface area contributed by atoms with E-state index >= 15 is 0 Å². The second kappa shape index (κ2) is 8.82. The van der Waals surface area contributed by atoms with Crippen molar-refractivity contribution in [1.82, 2.24) is 14.9 Å². The minimum atomic E-state index is -0.309. The van der Waals surface area contributed by atoms with Gasteiger partial charge in [-0.25, -0.2) is 9.97 Å². The minimum Gasteiger partial charge on any atom is -0.336 e. The number of halogens is 1. The highest BCUT2D eigenvalue weighted by atomic mass is 35.5. The fourth-order valence-corrected chi connectivity index (χ4v) is 3.12. The summed E-state index contributed by atoms with van der Waals surface area (Å²) in [5.74, 6) is -0.322. The number of benzene rings is 1. The molecule has 1 N–H and O–H groups in total. The van der Waals surface area contributed by atoms with E-state index in [1.54, 1.807) is 31.3 Å². The number of hydrogen-bond acceptors (Lipinski definition) is 5. The van der Waals surface area contributed by atoms with Gasteiger partial charge in [0.1, 0.15) is 0 Å². The zero-order valence-electron chi connectivity index (χ0n) is 14.2. The number of thioether (sulfide) groups is 1. The van der Waals surface area contributed by atoms with Crippen molar-refractivity contribution in [2.45, 2.75) is 19.0 Å². The van der Waals surface area contributed by atoms with Crippen LogP contribution in [-0.4, -0.2) is 46.0 Å². The van der Waals surface area contributed by atoms with Gasteiger partial charge in [-0.05, 0) is 32.0 Å². The molecule has 0 saturated heterocycles. The highest BCUT2D eigenvalue weighted by Gasteiger charge is 2.15. The number of aromatic nitrogens is 2. The Morgan fingerprint density at radius 2 is 1.84 bits per heavy atom. The molecule has 2 aromatic rings. The molecular weight excluding hydrogens is 360 g/mol. The summed E-state index contributed by atoms with van der Waals surface area (Å²) in [6.45, 7) is 3.70. The summed E-state index contributed by atoms with van der Waals surface area (Å²) in [5, 5.41) is 3.70. The first-order chi connectivity index (χ1) is 11.8. The van der Waals surface area contributed by atoms with E-state index < -0.39 is 0 Å². The van der Waals surface area contributed by atoms with Crippen LogP contribution in [0.2, 0.25) is 5.02 Å². The topological polar surface area (TPSA) is 75.2 Å². The molecule has 0 atom stereocenters. The number of para-hydroxylation sites is 1. The number of amides is 2. The molecule has 2 rings (SSSR count). The van der Waals surface area contributed by atoms with Gasteiger partial charge in [0, 0.05) is 18.4 Å². The Morgan fingerprint density at radius 1 is 1.20 bits per heavy atom. The monoisotopic (exact) mass is 378 g/mol.